The number of hydrogen-bond donors (Lipinski definition) is 0. The van der Waals surface area contributed by atoms with Gasteiger partial charge in [0.05, 0.1) is 9.52 Å². The maximum atomic E-state index is 2.55. The monoisotopic (exact) mass is 788 g/mol. The van der Waals surface area contributed by atoms with Gasteiger partial charge in [-0.05, 0) is 133 Å². The fraction of sp³-hybridized carbons (Fsp3) is 0. The van der Waals surface area contributed by atoms with Crippen LogP contribution >= 0.6 is 0 Å². The summed E-state index contributed by atoms with van der Waals surface area (Å²) in [4.78, 5) is 0. The minimum Gasteiger partial charge on any atom is -0.0633 e. The van der Waals surface area contributed by atoms with Crippen molar-refractivity contribution in [3.05, 3.63) is 231 Å². The predicted octanol–water partition coefficient (Wildman–Crippen LogP) is 14.4. The minimum absolute atomic E-state index is 0.752. The molecule has 0 N–H and O–H groups in total. The maximum Gasteiger partial charge on any atom is 0.0875 e. The van der Waals surface area contributed by atoms with E-state index in [1.807, 2.05) is 0 Å². The summed E-state index contributed by atoms with van der Waals surface area (Å²) in [5, 5.41) is 18.1. The van der Waals surface area contributed by atoms with Gasteiger partial charge in [0.15, 0.2) is 0 Å². The fourth-order valence-corrected chi connectivity index (χ4v) is 11.6. The van der Waals surface area contributed by atoms with Gasteiger partial charge in [-0.2, -0.15) is 0 Å². The topological polar surface area (TPSA) is 0 Å². The molecule has 0 aromatic heterocycles. The van der Waals surface area contributed by atoms with Crippen LogP contribution in [-0.4, -0.2) is 9.52 Å². The Morgan fingerprint density at radius 2 is 0.689 bits per heavy atom. The van der Waals surface area contributed by atoms with Crippen LogP contribution in [0.2, 0.25) is 0 Å². The van der Waals surface area contributed by atoms with Crippen molar-refractivity contribution in [2.24, 2.45) is 0 Å². The van der Waals surface area contributed by atoms with Crippen molar-refractivity contribution >= 4 is 84.5 Å². The molecule has 12 aromatic rings. The Morgan fingerprint density at radius 1 is 0.213 bits per heavy atom. The van der Waals surface area contributed by atoms with Crippen LogP contribution in [0, 0.1) is 0 Å². The normalized spacial score (nSPS) is 11.9. The summed E-state index contributed by atoms with van der Waals surface area (Å²) in [6.45, 7) is 0. The van der Waals surface area contributed by atoms with Gasteiger partial charge in [0.2, 0.25) is 0 Å². The molecule has 0 atom stereocenters. The molecule has 0 unspecified atom stereocenters. The molecule has 61 heavy (non-hydrogen) atoms. The Bertz CT molecular complexity index is 3570. The van der Waals surface area contributed by atoms with E-state index >= 15 is 0 Å². The van der Waals surface area contributed by atoms with E-state index in [1.165, 1.54) is 120 Å². The van der Waals surface area contributed by atoms with Crippen LogP contribution in [0.25, 0.3) is 109 Å². The van der Waals surface area contributed by atoms with Crippen LogP contribution in [0.1, 0.15) is 0 Å². The van der Waals surface area contributed by atoms with E-state index in [9.17, 15) is 0 Å². The SMILES string of the molecule is c1ccc([SiH2]c2ccc3c(-c4cc5ccccc5c5ccccc45)c4ccccc4c(-c4cc(-c5cccc6ccccc56)cc(-c5cccc6ccccc56)c4)c3c2)cc1. The molecule has 0 saturated heterocycles. The smallest absolute Gasteiger partial charge is 0.0633 e. The summed E-state index contributed by atoms with van der Waals surface area (Å²) < 4.78 is 0. The Morgan fingerprint density at radius 3 is 1.34 bits per heavy atom. The molecule has 0 radical (unpaired) electrons. The van der Waals surface area contributed by atoms with Crippen molar-refractivity contribution in [2.75, 3.05) is 0 Å². The van der Waals surface area contributed by atoms with Gasteiger partial charge in [0.25, 0.3) is 0 Å². The molecule has 12 aromatic carbocycles. The van der Waals surface area contributed by atoms with Crippen LogP contribution in [0.15, 0.2) is 231 Å². The highest BCUT2D eigenvalue weighted by atomic mass is 28.2. The van der Waals surface area contributed by atoms with Gasteiger partial charge in [0.1, 0.15) is 0 Å². The van der Waals surface area contributed by atoms with Crippen molar-refractivity contribution in [3.63, 3.8) is 0 Å². The molecule has 12 rings (SSSR count). The van der Waals surface area contributed by atoms with Gasteiger partial charge >= 0.3 is 0 Å². The molecule has 0 aliphatic carbocycles. The first-order valence-corrected chi connectivity index (χ1v) is 22.7. The lowest BCUT2D eigenvalue weighted by Crippen LogP contribution is -2.26. The number of benzene rings is 12. The molecule has 0 fully saturated rings. The second-order valence-corrected chi connectivity index (χ2v) is 18.4. The summed E-state index contributed by atoms with van der Waals surface area (Å²) in [5.41, 5.74) is 10.00. The molecule has 0 spiro atoms. The number of rotatable bonds is 6. The van der Waals surface area contributed by atoms with Gasteiger partial charge < -0.3 is 0 Å². The maximum absolute atomic E-state index is 2.55. The van der Waals surface area contributed by atoms with E-state index in [0.717, 1.165) is 0 Å². The summed E-state index contributed by atoms with van der Waals surface area (Å²) in [5.74, 6) is 0. The fourth-order valence-electron chi connectivity index (χ4n) is 10.1. The van der Waals surface area contributed by atoms with E-state index in [2.05, 4.69) is 231 Å². The highest BCUT2D eigenvalue weighted by Crippen LogP contribution is 2.48. The zero-order valence-corrected chi connectivity index (χ0v) is 35.1. The van der Waals surface area contributed by atoms with Crippen molar-refractivity contribution in [3.8, 4) is 44.5 Å². The summed E-state index contributed by atoms with van der Waals surface area (Å²) in [7, 11) is -0.752. The molecular weight excluding hydrogens is 749 g/mol. The molecule has 0 aliphatic heterocycles. The minimum atomic E-state index is -0.752. The predicted molar refractivity (Wildman–Crippen MR) is 267 cm³/mol. The molecular formula is C60H40Si. The molecule has 1 heteroatoms. The highest BCUT2D eigenvalue weighted by Gasteiger charge is 2.21. The lowest BCUT2D eigenvalue weighted by atomic mass is 9.82. The molecule has 0 bridgehead atoms. The van der Waals surface area contributed by atoms with Gasteiger partial charge in [-0.3, -0.25) is 0 Å². The summed E-state index contributed by atoms with van der Waals surface area (Å²) in [6.07, 6.45) is 0. The molecule has 0 saturated carbocycles. The Kier molecular flexibility index (Phi) is 8.47. The Hall–Kier alpha value is -7.58. The van der Waals surface area contributed by atoms with Crippen LogP contribution in [0.5, 0.6) is 0 Å². The quantitative estimate of drug-likeness (QED) is 0.0894. The van der Waals surface area contributed by atoms with E-state index in [-0.39, 0.29) is 0 Å². The molecule has 0 heterocycles. The average molecular weight is 789 g/mol. The van der Waals surface area contributed by atoms with Crippen LogP contribution < -0.4 is 10.4 Å². The summed E-state index contributed by atoms with van der Waals surface area (Å²) >= 11 is 0. The molecule has 0 aliphatic rings. The second-order valence-electron chi connectivity index (χ2n) is 16.4. The van der Waals surface area contributed by atoms with E-state index in [0.29, 0.717) is 0 Å². The Balaban J connectivity index is 1.22. The molecule has 284 valence electrons. The van der Waals surface area contributed by atoms with Gasteiger partial charge in [-0.15, -0.1) is 0 Å². The largest absolute Gasteiger partial charge is 0.0875 e. The summed E-state index contributed by atoms with van der Waals surface area (Å²) in [6, 6.07) is 86.3. The highest BCUT2D eigenvalue weighted by molar-refractivity contribution is 6.67. The van der Waals surface area contributed by atoms with Crippen molar-refractivity contribution in [1.82, 2.24) is 0 Å². The lowest BCUT2D eigenvalue weighted by molar-refractivity contribution is 1.61. The van der Waals surface area contributed by atoms with E-state index in [4.69, 9.17) is 0 Å². The van der Waals surface area contributed by atoms with Crippen molar-refractivity contribution in [2.45, 2.75) is 0 Å². The number of fused-ring (bicyclic) bond motifs is 7. The van der Waals surface area contributed by atoms with Crippen LogP contribution in [-0.2, 0) is 0 Å². The molecule has 0 nitrogen and oxygen atoms in total. The van der Waals surface area contributed by atoms with E-state index < -0.39 is 9.52 Å². The zero-order chi connectivity index (χ0) is 40.3. The average Bonchev–Trinajstić information content (AvgIpc) is 3.33. The first kappa shape index (κ1) is 35.4. The second kappa shape index (κ2) is 14.6. The Labute approximate surface area is 357 Å². The lowest BCUT2D eigenvalue weighted by Gasteiger charge is -2.21. The van der Waals surface area contributed by atoms with Gasteiger partial charge in [-0.1, -0.05) is 217 Å². The van der Waals surface area contributed by atoms with Crippen molar-refractivity contribution < 1.29 is 0 Å². The van der Waals surface area contributed by atoms with Crippen LogP contribution in [0.3, 0.4) is 0 Å². The van der Waals surface area contributed by atoms with Crippen molar-refractivity contribution in [1.29, 1.82) is 0 Å². The third-order valence-electron chi connectivity index (χ3n) is 12.8. The standard InChI is InChI=1S/C60H40Si/c1-2-21-45(22-3-1)61-46-32-33-56-58(38-46)59(54-28-12-13-29-55(54)60(56)57-37-41-18-6-9-25-49(41)52-26-10-11-27-53(52)57)44-35-42(50-30-14-19-39-16-4-7-23-47(39)50)34-43(36-44)51-31-15-20-40-17-5-8-24-48(40)51/h1-38H,61H2. The van der Waals surface area contributed by atoms with Gasteiger partial charge in [-0.25, -0.2) is 0 Å². The molecule has 0 amide bonds. The first-order chi connectivity index (χ1) is 30.2. The zero-order valence-electron chi connectivity index (χ0n) is 33.6. The van der Waals surface area contributed by atoms with Crippen LogP contribution in [0.4, 0.5) is 0 Å². The van der Waals surface area contributed by atoms with E-state index in [1.54, 1.807) is 0 Å². The third kappa shape index (κ3) is 6.05. The first-order valence-electron chi connectivity index (χ1n) is 21.3. The number of hydrogen-bond acceptors (Lipinski definition) is 0. The van der Waals surface area contributed by atoms with Gasteiger partial charge in [0, 0.05) is 0 Å². The third-order valence-corrected chi connectivity index (χ3v) is 14.5.